The van der Waals surface area contributed by atoms with Crippen molar-refractivity contribution in [2.24, 2.45) is 0 Å². The fraction of sp³-hybridized carbons (Fsp3) is 0.263. The third-order valence-electron chi connectivity index (χ3n) is 3.47. The van der Waals surface area contributed by atoms with Gasteiger partial charge in [0.2, 0.25) is 0 Å². The number of halogens is 1. The van der Waals surface area contributed by atoms with Crippen molar-refractivity contribution in [2.45, 2.75) is 26.4 Å². The molecule has 1 atom stereocenters. The summed E-state index contributed by atoms with van der Waals surface area (Å²) in [5.41, 5.74) is 5.79. The Kier molecular flexibility index (Phi) is 7.47. The molecule has 0 saturated heterocycles. The van der Waals surface area contributed by atoms with Crippen molar-refractivity contribution in [1.29, 1.82) is 0 Å². The molecule has 138 valence electrons. The van der Waals surface area contributed by atoms with Gasteiger partial charge < -0.3 is 9.47 Å². The Balaban J connectivity index is 1.77. The van der Waals surface area contributed by atoms with Crippen LogP contribution in [0.3, 0.4) is 0 Å². The Morgan fingerprint density at radius 2 is 1.62 bits per heavy atom. The van der Waals surface area contributed by atoms with Gasteiger partial charge in [0.05, 0.1) is 0 Å². The maximum Gasteiger partial charge on any atom is 0.279 e. The second-order valence-electron chi connectivity index (χ2n) is 5.61. The molecule has 6 nitrogen and oxygen atoms in total. The minimum atomic E-state index is -0.703. The molecule has 0 spiro atoms. The van der Waals surface area contributed by atoms with Gasteiger partial charge in [0.25, 0.3) is 11.8 Å². The van der Waals surface area contributed by atoms with Gasteiger partial charge in [-0.3, -0.25) is 20.4 Å². The van der Waals surface area contributed by atoms with Gasteiger partial charge in [-0.1, -0.05) is 40.5 Å². The van der Waals surface area contributed by atoms with Gasteiger partial charge in [-0.05, 0) is 49.7 Å². The van der Waals surface area contributed by atoms with Gasteiger partial charge in [0, 0.05) is 4.47 Å². The number of hydrazine groups is 1. The Labute approximate surface area is 161 Å². The molecule has 0 saturated carbocycles. The second kappa shape index (κ2) is 9.82. The summed E-state index contributed by atoms with van der Waals surface area (Å²) in [6.45, 7) is 3.59. The van der Waals surface area contributed by atoms with Crippen LogP contribution >= 0.6 is 15.9 Å². The monoisotopic (exact) mass is 420 g/mol. The summed E-state index contributed by atoms with van der Waals surface area (Å²) < 4.78 is 11.9. The molecule has 0 aliphatic rings. The Morgan fingerprint density at radius 3 is 2.23 bits per heavy atom. The molecule has 0 aromatic heterocycles. The lowest BCUT2D eigenvalue weighted by atomic mass is 10.2. The number of rotatable bonds is 7. The zero-order valence-electron chi connectivity index (χ0n) is 14.6. The van der Waals surface area contributed by atoms with E-state index in [1.54, 1.807) is 24.3 Å². The molecule has 7 heteroatoms. The number of amides is 2. The lowest BCUT2D eigenvalue weighted by molar-refractivity contribution is -0.134. The number of nitrogens with one attached hydrogen (secondary N) is 2. The van der Waals surface area contributed by atoms with Gasteiger partial charge in [-0.15, -0.1) is 0 Å². The van der Waals surface area contributed by atoms with Gasteiger partial charge in [0.15, 0.2) is 12.7 Å². The van der Waals surface area contributed by atoms with Gasteiger partial charge in [0.1, 0.15) is 11.5 Å². The van der Waals surface area contributed by atoms with E-state index in [-0.39, 0.29) is 6.61 Å². The highest BCUT2D eigenvalue weighted by Crippen LogP contribution is 2.16. The molecule has 2 amide bonds. The number of benzene rings is 2. The summed E-state index contributed by atoms with van der Waals surface area (Å²) >= 11 is 3.32. The fourth-order valence-corrected chi connectivity index (χ4v) is 2.30. The average molecular weight is 421 g/mol. The molecule has 0 radical (unpaired) electrons. The fourth-order valence-electron chi connectivity index (χ4n) is 2.03. The topological polar surface area (TPSA) is 76.7 Å². The molecular formula is C19H21BrN2O4. The maximum absolute atomic E-state index is 12.2. The lowest BCUT2D eigenvalue weighted by Crippen LogP contribution is -2.49. The molecule has 0 bridgehead atoms. The first kappa shape index (κ1) is 19.8. The van der Waals surface area contributed by atoms with Gasteiger partial charge >= 0.3 is 0 Å². The quantitative estimate of drug-likeness (QED) is 0.674. The Morgan fingerprint density at radius 1 is 1.00 bits per heavy atom. The SMILES string of the molecule is CCC(Oc1ccc(C)cc1)C(=O)NNC(=O)COc1ccc(Br)cc1. The third kappa shape index (κ3) is 6.40. The summed E-state index contributed by atoms with van der Waals surface area (Å²) in [7, 11) is 0. The number of carbonyl (C=O) groups is 2. The molecule has 0 aliphatic carbocycles. The minimum Gasteiger partial charge on any atom is -0.484 e. The van der Waals surface area contributed by atoms with E-state index in [9.17, 15) is 9.59 Å². The largest absolute Gasteiger partial charge is 0.484 e. The lowest BCUT2D eigenvalue weighted by Gasteiger charge is -2.17. The van der Waals surface area contributed by atoms with E-state index in [0.717, 1.165) is 10.0 Å². The molecule has 0 aliphatic heterocycles. The summed E-state index contributed by atoms with van der Waals surface area (Å²) in [4.78, 5) is 24.0. The number of ether oxygens (including phenoxy) is 2. The smallest absolute Gasteiger partial charge is 0.279 e. The number of hydrogen-bond acceptors (Lipinski definition) is 4. The summed E-state index contributed by atoms with van der Waals surface area (Å²) in [6.07, 6.45) is -0.240. The van der Waals surface area contributed by atoms with Crippen molar-refractivity contribution in [3.63, 3.8) is 0 Å². The molecule has 2 rings (SSSR count). The standard InChI is InChI=1S/C19H21BrN2O4/c1-3-17(26-16-8-4-13(2)5-9-16)19(24)22-21-18(23)12-25-15-10-6-14(20)7-11-15/h4-11,17H,3,12H2,1-2H3,(H,21,23)(H,22,24). The van der Waals surface area contributed by atoms with E-state index >= 15 is 0 Å². The zero-order chi connectivity index (χ0) is 18.9. The van der Waals surface area contributed by atoms with Crippen molar-refractivity contribution >= 4 is 27.7 Å². The molecule has 1 unspecified atom stereocenters. The maximum atomic E-state index is 12.2. The number of hydrogen-bond donors (Lipinski definition) is 2. The van der Waals surface area contributed by atoms with Crippen LogP contribution in [0, 0.1) is 6.92 Å². The van der Waals surface area contributed by atoms with E-state index in [0.29, 0.717) is 17.9 Å². The van der Waals surface area contributed by atoms with Crippen molar-refractivity contribution in [3.8, 4) is 11.5 Å². The zero-order valence-corrected chi connectivity index (χ0v) is 16.2. The van der Waals surface area contributed by atoms with Crippen LogP contribution in [0.15, 0.2) is 53.0 Å². The molecule has 26 heavy (non-hydrogen) atoms. The Hall–Kier alpha value is -2.54. The van der Waals surface area contributed by atoms with Crippen LogP contribution < -0.4 is 20.3 Å². The first-order valence-electron chi connectivity index (χ1n) is 8.18. The van der Waals surface area contributed by atoms with Crippen LogP contribution in [0.5, 0.6) is 11.5 Å². The van der Waals surface area contributed by atoms with Gasteiger partial charge in [-0.2, -0.15) is 0 Å². The minimum absolute atomic E-state index is 0.211. The van der Waals surface area contributed by atoms with Crippen LogP contribution in [0.4, 0.5) is 0 Å². The average Bonchev–Trinajstić information content (AvgIpc) is 2.65. The van der Waals surface area contributed by atoms with E-state index in [1.165, 1.54) is 0 Å². The summed E-state index contributed by atoms with van der Waals surface area (Å²) in [6, 6.07) is 14.5. The van der Waals surface area contributed by atoms with Crippen molar-refractivity contribution in [1.82, 2.24) is 10.9 Å². The van der Waals surface area contributed by atoms with Crippen LogP contribution in [-0.4, -0.2) is 24.5 Å². The van der Waals surface area contributed by atoms with Crippen molar-refractivity contribution < 1.29 is 19.1 Å². The highest BCUT2D eigenvalue weighted by atomic mass is 79.9. The predicted octanol–water partition coefficient (Wildman–Crippen LogP) is 3.14. The molecule has 2 N–H and O–H groups in total. The normalized spacial score (nSPS) is 11.3. The first-order chi connectivity index (χ1) is 12.5. The van der Waals surface area contributed by atoms with Crippen LogP contribution in [0.2, 0.25) is 0 Å². The summed E-state index contributed by atoms with van der Waals surface area (Å²) in [5, 5.41) is 0. The van der Waals surface area contributed by atoms with Crippen LogP contribution in [0.1, 0.15) is 18.9 Å². The molecule has 2 aromatic rings. The molecule has 0 heterocycles. The van der Waals surface area contributed by atoms with Crippen LogP contribution in [-0.2, 0) is 9.59 Å². The third-order valence-corrected chi connectivity index (χ3v) is 4.00. The summed E-state index contributed by atoms with van der Waals surface area (Å²) in [5.74, 6) is 0.267. The first-order valence-corrected chi connectivity index (χ1v) is 8.97. The second-order valence-corrected chi connectivity index (χ2v) is 6.52. The van der Waals surface area contributed by atoms with E-state index in [2.05, 4.69) is 26.8 Å². The molecular weight excluding hydrogens is 400 g/mol. The number of carbonyl (C=O) groups excluding carboxylic acids is 2. The van der Waals surface area contributed by atoms with Crippen LogP contribution in [0.25, 0.3) is 0 Å². The number of aryl methyl sites for hydroxylation is 1. The van der Waals surface area contributed by atoms with E-state index < -0.39 is 17.9 Å². The van der Waals surface area contributed by atoms with E-state index in [1.807, 2.05) is 38.1 Å². The van der Waals surface area contributed by atoms with E-state index in [4.69, 9.17) is 9.47 Å². The predicted molar refractivity (Wildman–Crippen MR) is 102 cm³/mol. The van der Waals surface area contributed by atoms with Crippen molar-refractivity contribution in [3.05, 3.63) is 58.6 Å². The van der Waals surface area contributed by atoms with Crippen molar-refractivity contribution in [2.75, 3.05) is 6.61 Å². The highest BCUT2D eigenvalue weighted by molar-refractivity contribution is 9.10. The Bertz CT molecular complexity index is 732. The van der Waals surface area contributed by atoms with Gasteiger partial charge in [-0.25, -0.2) is 0 Å². The highest BCUT2D eigenvalue weighted by Gasteiger charge is 2.19. The molecule has 2 aromatic carbocycles. The molecule has 0 fully saturated rings.